The number of imidazole rings is 1. The quantitative estimate of drug-likeness (QED) is 0.761. The Morgan fingerprint density at radius 3 is 2.84 bits per heavy atom. The molecule has 0 bridgehead atoms. The number of hydrogen-bond acceptors (Lipinski definition) is 4. The first-order valence-electron chi connectivity index (χ1n) is 5.70. The minimum Gasteiger partial charge on any atom is -0.476 e. The highest BCUT2D eigenvalue weighted by Crippen LogP contribution is 2.26. The van der Waals surface area contributed by atoms with E-state index in [0.29, 0.717) is 11.3 Å². The number of hydrogen-bond donors (Lipinski definition) is 1. The van der Waals surface area contributed by atoms with E-state index >= 15 is 0 Å². The molecule has 0 aliphatic carbocycles. The molecule has 0 amide bonds. The van der Waals surface area contributed by atoms with Gasteiger partial charge in [-0.1, -0.05) is 0 Å². The van der Waals surface area contributed by atoms with E-state index < -0.39 is 5.97 Å². The topological polar surface area (TPSA) is 80.6 Å². The molecule has 3 heterocycles. The second-order valence-corrected chi connectivity index (χ2v) is 4.26. The first-order chi connectivity index (χ1) is 9.06. The average Bonchev–Trinajstić information content (AvgIpc) is 2.91. The molecule has 96 valence electrons. The van der Waals surface area contributed by atoms with Crippen LogP contribution in [0.4, 0.5) is 0 Å². The predicted octanol–water partition coefficient (Wildman–Crippen LogP) is 2.30. The van der Waals surface area contributed by atoms with Gasteiger partial charge in [-0.05, 0) is 19.9 Å². The maximum absolute atomic E-state index is 11.1. The fraction of sp³-hybridized carbons (Fsp3) is 0.154. The van der Waals surface area contributed by atoms with E-state index in [2.05, 4.69) is 9.97 Å². The van der Waals surface area contributed by atoms with Gasteiger partial charge in [-0.25, -0.2) is 14.8 Å². The maximum atomic E-state index is 11.1. The van der Waals surface area contributed by atoms with E-state index in [4.69, 9.17) is 9.52 Å². The Morgan fingerprint density at radius 2 is 2.21 bits per heavy atom. The molecule has 0 aromatic carbocycles. The van der Waals surface area contributed by atoms with Crippen molar-refractivity contribution in [3.05, 3.63) is 41.9 Å². The molecule has 6 nitrogen and oxygen atoms in total. The van der Waals surface area contributed by atoms with Crippen molar-refractivity contribution in [1.29, 1.82) is 0 Å². The van der Waals surface area contributed by atoms with Crippen LogP contribution >= 0.6 is 0 Å². The summed E-state index contributed by atoms with van der Waals surface area (Å²) in [6.45, 7) is 3.71. The largest absolute Gasteiger partial charge is 0.476 e. The molecule has 0 aliphatic rings. The van der Waals surface area contributed by atoms with Gasteiger partial charge in [0.05, 0.1) is 5.69 Å². The summed E-state index contributed by atoms with van der Waals surface area (Å²) in [7, 11) is 0. The molecule has 0 fully saturated rings. The number of aromatic nitrogens is 3. The molecule has 3 aromatic rings. The van der Waals surface area contributed by atoms with Crippen molar-refractivity contribution in [1.82, 2.24) is 14.4 Å². The lowest BCUT2D eigenvalue weighted by Crippen LogP contribution is -2.03. The van der Waals surface area contributed by atoms with Gasteiger partial charge in [0.2, 0.25) is 0 Å². The lowest BCUT2D eigenvalue weighted by Gasteiger charge is -1.95. The molecule has 3 rings (SSSR count). The molecule has 0 atom stereocenters. The van der Waals surface area contributed by atoms with Gasteiger partial charge in [-0.15, -0.1) is 0 Å². The van der Waals surface area contributed by atoms with E-state index in [1.807, 2.05) is 19.9 Å². The minimum absolute atomic E-state index is 0.0633. The highest BCUT2D eigenvalue weighted by molar-refractivity contribution is 5.92. The van der Waals surface area contributed by atoms with Crippen molar-refractivity contribution in [3.8, 4) is 11.3 Å². The summed E-state index contributed by atoms with van der Waals surface area (Å²) in [5, 5.41) is 9.09. The van der Waals surface area contributed by atoms with Crippen molar-refractivity contribution in [3.63, 3.8) is 0 Å². The van der Waals surface area contributed by atoms with Gasteiger partial charge in [-0.2, -0.15) is 0 Å². The van der Waals surface area contributed by atoms with Crippen LogP contribution in [0.1, 0.15) is 22.0 Å². The summed E-state index contributed by atoms with van der Waals surface area (Å²) in [5.74, 6) is 0.453. The van der Waals surface area contributed by atoms with Crippen molar-refractivity contribution < 1.29 is 14.3 Å². The third-order valence-electron chi connectivity index (χ3n) is 2.89. The lowest BCUT2D eigenvalue weighted by molar-refractivity contribution is 0.0692. The third-order valence-corrected chi connectivity index (χ3v) is 2.89. The van der Waals surface area contributed by atoms with Crippen molar-refractivity contribution in [2.75, 3.05) is 0 Å². The molecule has 0 saturated carbocycles. The number of aryl methyl sites for hydroxylation is 2. The van der Waals surface area contributed by atoms with E-state index in [-0.39, 0.29) is 5.69 Å². The van der Waals surface area contributed by atoms with Gasteiger partial charge in [0, 0.05) is 24.2 Å². The Kier molecular flexibility index (Phi) is 2.38. The Morgan fingerprint density at radius 1 is 1.42 bits per heavy atom. The summed E-state index contributed by atoms with van der Waals surface area (Å²) >= 11 is 0. The Hall–Kier alpha value is -2.63. The SMILES string of the molecule is Cc1cc(-c2cn3ccnc(C(=O)O)c3n2)c(C)o1. The summed E-state index contributed by atoms with van der Waals surface area (Å²) in [5.41, 5.74) is 1.79. The van der Waals surface area contributed by atoms with E-state index in [9.17, 15) is 4.79 Å². The zero-order chi connectivity index (χ0) is 13.6. The molecule has 19 heavy (non-hydrogen) atoms. The fourth-order valence-electron chi connectivity index (χ4n) is 2.09. The fourth-order valence-corrected chi connectivity index (χ4v) is 2.09. The van der Waals surface area contributed by atoms with Crippen LogP contribution in [-0.2, 0) is 0 Å². The van der Waals surface area contributed by atoms with Gasteiger partial charge in [-0.3, -0.25) is 0 Å². The van der Waals surface area contributed by atoms with Crippen molar-refractivity contribution in [2.24, 2.45) is 0 Å². The smallest absolute Gasteiger partial charge is 0.358 e. The highest BCUT2D eigenvalue weighted by atomic mass is 16.4. The Bertz CT molecular complexity index is 786. The third kappa shape index (κ3) is 1.77. The summed E-state index contributed by atoms with van der Waals surface area (Å²) in [6, 6.07) is 1.88. The average molecular weight is 257 g/mol. The molecule has 0 aliphatic heterocycles. The van der Waals surface area contributed by atoms with Crippen LogP contribution in [0.2, 0.25) is 0 Å². The number of aromatic carboxylic acids is 1. The van der Waals surface area contributed by atoms with E-state index in [1.54, 1.807) is 16.8 Å². The molecule has 0 radical (unpaired) electrons. The van der Waals surface area contributed by atoms with Gasteiger partial charge < -0.3 is 13.9 Å². The molecule has 0 spiro atoms. The number of rotatable bonds is 2. The summed E-state index contributed by atoms with van der Waals surface area (Å²) < 4.78 is 7.11. The van der Waals surface area contributed by atoms with Crippen molar-refractivity contribution >= 4 is 11.6 Å². The second kappa shape index (κ2) is 3.94. The van der Waals surface area contributed by atoms with E-state index in [1.165, 1.54) is 6.20 Å². The highest BCUT2D eigenvalue weighted by Gasteiger charge is 2.16. The van der Waals surface area contributed by atoms with E-state index in [0.717, 1.165) is 17.1 Å². The Labute approximate surface area is 108 Å². The van der Waals surface area contributed by atoms with Crippen LogP contribution in [0.15, 0.2) is 29.1 Å². The van der Waals surface area contributed by atoms with Crippen LogP contribution in [0, 0.1) is 13.8 Å². The predicted molar refractivity (Wildman–Crippen MR) is 67.1 cm³/mol. The molecular weight excluding hydrogens is 246 g/mol. The lowest BCUT2D eigenvalue weighted by atomic mass is 10.2. The molecule has 6 heteroatoms. The monoisotopic (exact) mass is 257 g/mol. The molecule has 0 saturated heterocycles. The normalized spacial score (nSPS) is 11.1. The number of carboxylic acid groups (broad SMARTS) is 1. The van der Waals surface area contributed by atoms with Gasteiger partial charge >= 0.3 is 5.97 Å². The van der Waals surface area contributed by atoms with Crippen LogP contribution < -0.4 is 0 Å². The standard InChI is InChI=1S/C13H11N3O3/c1-7-5-9(8(2)19-7)10-6-16-4-3-14-11(13(17)18)12(16)15-10/h3-6H,1-2H3,(H,17,18). The molecule has 3 aromatic heterocycles. The summed E-state index contributed by atoms with van der Waals surface area (Å²) in [4.78, 5) is 19.3. The number of furan rings is 1. The van der Waals surface area contributed by atoms with Crippen molar-refractivity contribution in [2.45, 2.75) is 13.8 Å². The number of fused-ring (bicyclic) bond motifs is 1. The molecule has 1 N–H and O–H groups in total. The first kappa shape index (κ1) is 11.5. The van der Waals surface area contributed by atoms with Gasteiger partial charge in [0.1, 0.15) is 11.5 Å². The number of carbonyl (C=O) groups is 1. The van der Waals surface area contributed by atoms with Gasteiger partial charge in [0.25, 0.3) is 0 Å². The van der Waals surface area contributed by atoms with Crippen LogP contribution in [0.3, 0.4) is 0 Å². The molecular formula is C13H11N3O3. The zero-order valence-corrected chi connectivity index (χ0v) is 10.4. The molecule has 0 unspecified atom stereocenters. The Balaban J connectivity index is 2.25. The van der Waals surface area contributed by atoms with Gasteiger partial charge in [0.15, 0.2) is 11.3 Å². The minimum atomic E-state index is -1.09. The van der Waals surface area contributed by atoms with Crippen LogP contribution in [0.5, 0.6) is 0 Å². The zero-order valence-electron chi connectivity index (χ0n) is 10.4. The van der Waals surface area contributed by atoms with Crippen LogP contribution in [0.25, 0.3) is 16.9 Å². The summed E-state index contributed by atoms with van der Waals surface area (Å²) in [6.07, 6.45) is 4.87. The van der Waals surface area contributed by atoms with Crippen LogP contribution in [-0.4, -0.2) is 25.4 Å². The first-order valence-corrected chi connectivity index (χ1v) is 5.70. The number of carboxylic acids is 1. The maximum Gasteiger partial charge on any atom is 0.358 e. The number of nitrogens with zero attached hydrogens (tertiary/aromatic N) is 3. The second-order valence-electron chi connectivity index (χ2n) is 4.26.